The van der Waals surface area contributed by atoms with E-state index in [9.17, 15) is 9.59 Å². The van der Waals surface area contributed by atoms with Crippen LogP contribution in [0.4, 0.5) is 16.2 Å². The number of carbonyl (C=O) groups excluding carboxylic acids is 2. The summed E-state index contributed by atoms with van der Waals surface area (Å²) in [7, 11) is 0. The minimum atomic E-state index is -0.625. The predicted molar refractivity (Wildman–Crippen MR) is 112 cm³/mol. The molecular formula is C21H22BrN3O3. The van der Waals surface area contributed by atoms with Gasteiger partial charge in [0.1, 0.15) is 0 Å². The Kier molecular flexibility index (Phi) is 5.37. The third-order valence-electron chi connectivity index (χ3n) is 5.45. The van der Waals surface area contributed by atoms with Gasteiger partial charge in [0.2, 0.25) is 5.91 Å². The molecule has 2 N–H and O–H groups in total. The summed E-state index contributed by atoms with van der Waals surface area (Å²) in [6.45, 7) is 2.35. The van der Waals surface area contributed by atoms with Crippen molar-refractivity contribution in [3.05, 3.63) is 58.6 Å². The molecule has 4 rings (SSSR count). The van der Waals surface area contributed by atoms with Crippen LogP contribution in [0, 0.1) is 0 Å². The summed E-state index contributed by atoms with van der Waals surface area (Å²) in [6.07, 6.45) is 1.27. The van der Waals surface area contributed by atoms with Gasteiger partial charge in [0.15, 0.2) is 0 Å². The molecule has 2 aromatic rings. The van der Waals surface area contributed by atoms with Crippen molar-refractivity contribution in [3.8, 4) is 0 Å². The topological polar surface area (TPSA) is 70.7 Å². The third kappa shape index (κ3) is 3.64. The zero-order chi connectivity index (χ0) is 19.6. The number of benzene rings is 2. The van der Waals surface area contributed by atoms with E-state index in [2.05, 4.69) is 26.6 Å². The second-order valence-corrected chi connectivity index (χ2v) is 8.01. The van der Waals surface area contributed by atoms with Crippen molar-refractivity contribution >= 4 is 39.2 Å². The van der Waals surface area contributed by atoms with Crippen molar-refractivity contribution in [2.75, 3.05) is 36.5 Å². The van der Waals surface area contributed by atoms with Crippen LogP contribution in [0.2, 0.25) is 0 Å². The van der Waals surface area contributed by atoms with Crippen molar-refractivity contribution in [2.24, 2.45) is 0 Å². The molecule has 0 atom stereocenters. The second kappa shape index (κ2) is 7.93. The summed E-state index contributed by atoms with van der Waals surface area (Å²) in [5.74, 6) is -0.0406. The average molecular weight is 444 g/mol. The Morgan fingerprint density at radius 1 is 1.14 bits per heavy atom. The fourth-order valence-electron chi connectivity index (χ4n) is 3.86. The zero-order valence-corrected chi connectivity index (χ0v) is 17.0. The highest BCUT2D eigenvalue weighted by Gasteiger charge is 2.41. The Bertz CT molecular complexity index is 879. The summed E-state index contributed by atoms with van der Waals surface area (Å²) in [5.41, 5.74) is 1.83. The van der Waals surface area contributed by atoms with Gasteiger partial charge >= 0.3 is 6.03 Å². The molecular weight excluding hydrogens is 422 g/mol. The van der Waals surface area contributed by atoms with Crippen LogP contribution in [-0.4, -0.2) is 38.2 Å². The van der Waals surface area contributed by atoms with Gasteiger partial charge in [0.05, 0.1) is 5.41 Å². The lowest BCUT2D eigenvalue weighted by Gasteiger charge is -2.36. The Balaban J connectivity index is 1.60. The van der Waals surface area contributed by atoms with Gasteiger partial charge in [0.25, 0.3) is 0 Å². The number of nitrogens with zero attached hydrogens (tertiary/aromatic N) is 1. The van der Waals surface area contributed by atoms with Crippen LogP contribution in [-0.2, 0) is 14.9 Å². The van der Waals surface area contributed by atoms with E-state index in [1.807, 2.05) is 48.5 Å². The molecule has 7 heteroatoms. The number of rotatable bonds is 4. The first-order valence-electron chi connectivity index (χ1n) is 9.39. The van der Waals surface area contributed by atoms with E-state index in [1.54, 1.807) is 4.90 Å². The second-order valence-electron chi connectivity index (χ2n) is 7.09. The number of amides is 3. The van der Waals surface area contributed by atoms with Crippen molar-refractivity contribution < 1.29 is 14.3 Å². The zero-order valence-electron chi connectivity index (χ0n) is 15.4. The number of hydrogen-bond donors (Lipinski definition) is 2. The van der Waals surface area contributed by atoms with Crippen LogP contribution in [0.1, 0.15) is 18.4 Å². The molecule has 146 valence electrons. The molecule has 0 aliphatic carbocycles. The average Bonchev–Trinajstić information content (AvgIpc) is 3.15. The number of hydrogen-bond acceptors (Lipinski definition) is 3. The number of nitrogens with one attached hydrogen (secondary N) is 2. The summed E-state index contributed by atoms with van der Waals surface area (Å²) in [5, 5.41) is 5.87. The van der Waals surface area contributed by atoms with Gasteiger partial charge in [-0.1, -0.05) is 34.1 Å². The number of urea groups is 1. The molecule has 2 aliphatic rings. The summed E-state index contributed by atoms with van der Waals surface area (Å²) >= 11 is 3.46. The Hall–Kier alpha value is -2.38. The normalized spacial score (nSPS) is 18.6. The van der Waals surface area contributed by atoms with Crippen molar-refractivity contribution in [1.29, 1.82) is 0 Å². The fourth-order valence-corrected chi connectivity index (χ4v) is 4.12. The van der Waals surface area contributed by atoms with Gasteiger partial charge in [0, 0.05) is 42.2 Å². The number of anilines is 2. The molecule has 0 radical (unpaired) electrons. The highest BCUT2D eigenvalue weighted by molar-refractivity contribution is 9.10. The van der Waals surface area contributed by atoms with Crippen LogP contribution in [0.5, 0.6) is 0 Å². The standard InChI is InChI=1S/C21H22BrN3O3/c22-16-6-4-15(5-7-16)21(8-12-28-13-9-21)19(26)24-17-2-1-3-18(14-17)25-11-10-23-20(25)27/h1-7,14H,8-13H2,(H,23,27)(H,24,26). The van der Waals surface area contributed by atoms with Crippen LogP contribution in [0.15, 0.2) is 53.0 Å². The maximum Gasteiger partial charge on any atom is 0.321 e. The highest BCUT2D eigenvalue weighted by Crippen LogP contribution is 2.37. The lowest BCUT2D eigenvalue weighted by atomic mass is 9.73. The number of carbonyl (C=O) groups is 2. The van der Waals surface area contributed by atoms with Crippen molar-refractivity contribution in [1.82, 2.24) is 5.32 Å². The largest absolute Gasteiger partial charge is 0.381 e. The van der Waals surface area contributed by atoms with Crippen LogP contribution in [0.3, 0.4) is 0 Å². The van der Waals surface area contributed by atoms with E-state index in [4.69, 9.17) is 4.74 Å². The van der Waals surface area contributed by atoms with Gasteiger partial charge in [-0.2, -0.15) is 0 Å². The minimum Gasteiger partial charge on any atom is -0.381 e. The molecule has 2 saturated heterocycles. The first-order chi connectivity index (χ1) is 13.6. The lowest BCUT2D eigenvalue weighted by Crippen LogP contribution is -2.44. The van der Waals surface area contributed by atoms with Gasteiger partial charge in [-0.25, -0.2) is 4.79 Å². The van der Waals surface area contributed by atoms with Gasteiger partial charge in [-0.3, -0.25) is 9.69 Å². The molecule has 0 bridgehead atoms. The van der Waals surface area contributed by atoms with E-state index < -0.39 is 5.41 Å². The van der Waals surface area contributed by atoms with E-state index in [-0.39, 0.29) is 11.9 Å². The first-order valence-corrected chi connectivity index (χ1v) is 10.2. The fraction of sp³-hybridized carbons (Fsp3) is 0.333. The van der Waals surface area contributed by atoms with Gasteiger partial charge < -0.3 is 15.4 Å². The molecule has 0 saturated carbocycles. The van der Waals surface area contributed by atoms with Crippen LogP contribution >= 0.6 is 15.9 Å². The molecule has 0 aromatic heterocycles. The molecule has 0 unspecified atom stereocenters. The highest BCUT2D eigenvalue weighted by atomic mass is 79.9. The molecule has 2 aromatic carbocycles. The van der Waals surface area contributed by atoms with E-state index in [0.717, 1.165) is 15.7 Å². The summed E-state index contributed by atoms with van der Waals surface area (Å²) in [6, 6.07) is 15.2. The van der Waals surface area contributed by atoms with E-state index in [1.165, 1.54) is 0 Å². The maximum absolute atomic E-state index is 13.4. The van der Waals surface area contributed by atoms with Crippen molar-refractivity contribution in [2.45, 2.75) is 18.3 Å². The van der Waals surface area contributed by atoms with Gasteiger partial charge in [-0.15, -0.1) is 0 Å². The van der Waals surface area contributed by atoms with Crippen LogP contribution in [0.25, 0.3) is 0 Å². The lowest BCUT2D eigenvalue weighted by molar-refractivity contribution is -0.125. The Morgan fingerprint density at radius 3 is 2.57 bits per heavy atom. The predicted octanol–water partition coefficient (Wildman–Crippen LogP) is 3.67. The summed E-state index contributed by atoms with van der Waals surface area (Å²) in [4.78, 5) is 27.0. The van der Waals surface area contributed by atoms with E-state index in [0.29, 0.717) is 44.8 Å². The quantitative estimate of drug-likeness (QED) is 0.756. The first kappa shape index (κ1) is 19.0. The SMILES string of the molecule is O=C1NCCN1c1cccc(NC(=O)C2(c3ccc(Br)cc3)CCOCC2)c1. The molecule has 6 nitrogen and oxygen atoms in total. The molecule has 2 fully saturated rings. The third-order valence-corrected chi connectivity index (χ3v) is 5.98. The molecule has 2 heterocycles. The van der Waals surface area contributed by atoms with Crippen LogP contribution < -0.4 is 15.5 Å². The van der Waals surface area contributed by atoms with Gasteiger partial charge in [-0.05, 0) is 48.7 Å². The van der Waals surface area contributed by atoms with E-state index >= 15 is 0 Å². The molecule has 28 heavy (non-hydrogen) atoms. The monoisotopic (exact) mass is 443 g/mol. The smallest absolute Gasteiger partial charge is 0.321 e. The Morgan fingerprint density at radius 2 is 1.89 bits per heavy atom. The minimum absolute atomic E-state index is 0.0406. The van der Waals surface area contributed by atoms with Crippen molar-refractivity contribution in [3.63, 3.8) is 0 Å². The molecule has 0 spiro atoms. The maximum atomic E-state index is 13.4. The Labute approximate surface area is 172 Å². The number of halogens is 1. The molecule has 3 amide bonds. The molecule has 2 aliphatic heterocycles. The number of ether oxygens (including phenoxy) is 1. The summed E-state index contributed by atoms with van der Waals surface area (Å²) < 4.78 is 6.51.